The number of carbonyl (C=O) groups excluding carboxylic acids is 1. The maximum Gasteiger partial charge on any atom is 0.231 e. The minimum atomic E-state index is -0.252. The summed E-state index contributed by atoms with van der Waals surface area (Å²) >= 11 is 5.87. The number of hydrogen-bond donors (Lipinski definition) is 1. The van der Waals surface area contributed by atoms with Gasteiger partial charge < -0.3 is 15.2 Å². The van der Waals surface area contributed by atoms with Gasteiger partial charge in [0, 0.05) is 0 Å². The maximum absolute atomic E-state index is 11.4. The predicted molar refractivity (Wildman–Crippen MR) is 51.0 cm³/mol. The summed E-state index contributed by atoms with van der Waals surface area (Å²) in [6.45, 7) is 0.0139. The fourth-order valence-corrected chi connectivity index (χ4v) is 1.56. The van der Waals surface area contributed by atoms with Gasteiger partial charge in [0.15, 0.2) is 17.3 Å². The number of halogens is 1. The van der Waals surface area contributed by atoms with E-state index in [0.29, 0.717) is 22.1 Å². The van der Waals surface area contributed by atoms with Crippen LogP contribution in [0.1, 0.15) is 10.4 Å². The van der Waals surface area contributed by atoms with Crippen molar-refractivity contribution in [1.82, 2.24) is 0 Å². The van der Waals surface area contributed by atoms with Crippen LogP contribution < -0.4 is 15.2 Å². The Kier molecular flexibility index (Phi) is 2.31. The Hall–Kier alpha value is -1.26. The number of Topliss-reactive ketones (excluding diaryl/α,β-unsaturated/α-hetero) is 1. The molecule has 0 spiro atoms. The zero-order valence-electron chi connectivity index (χ0n) is 7.25. The first kappa shape index (κ1) is 9.30. The number of hydrogen-bond acceptors (Lipinski definition) is 4. The molecule has 0 aromatic heterocycles. The van der Waals surface area contributed by atoms with Crippen LogP contribution in [0.15, 0.2) is 12.1 Å². The molecule has 0 saturated carbocycles. The van der Waals surface area contributed by atoms with E-state index < -0.39 is 0 Å². The molecule has 1 aliphatic heterocycles. The van der Waals surface area contributed by atoms with Crippen molar-refractivity contribution in [2.24, 2.45) is 5.73 Å². The highest BCUT2D eigenvalue weighted by Crippen LogP contribution is 2.39. The summed E-state index contributed by atoms with van der Waals surface area (Å²) in [5, 5.41) is 0.338. The van der Waals surface area contributed by atoms with Gasteiger partial charge in [-0.15, -0.1) is 0 Å². The van der Waals surface area contributed by atoms with Gasteiger partial charge in [-0.05, 0) is 12.1 Å². The van der Waals surface area contributed by atoms with Gasteiger partial charge in [-0.1, -0.05) is 11.6 Å². The number of rotatable bonds is 2. The summed E-state index contributed by atoms with van der Waals surface area (Å²) in [4.78, 5) is 11.4. The molecule has 1 aromatic rings. The van der Waals surface area contributed by atoms with E-state index in [1.54, 1.807) is 12.1 Å². The van der Waals surface area contributed by atoms with Crippen molar-refractivity contribution in [3.63, 3.8) is 0 Å². The molecule has 14 heavy (non-hydrogen) atoms. The van der Waals surface area contributed by atoms with Crippen LogP contribution in [-0.2, 0) is 0 Å². The highest BCUT2D eigenvalue weighted by atomic mass is 35.5. The zero-order valence-corrected chi connectivity index (χ0v) is 8.00. The summed E-state index contributed by atoms with van der Waals surface area (Å²) in [5.41, 5.74) is 5.57. The van der Waals surface area contributed by atoms with Gasteiger partial charge in [0.25, 0.3) is 0 Å². The minimum Gasteiger partial charge on any atom is -0.454 e. The highest BCUT2D eigenvalue weighted by Gasteiger charge is 2.23. The number of nitrogens with two attached hydrogens (primary N) is 1. The lowest BCUT2D eigenvalue weighted by Crippen LogP contribution is -2.14. The molecule has 4 nitrogen and oxygen atoms in total. The summed E-state index contributed by atoms with van der Waals surface area (Å²) in [6, 6.07) is 3.26. The van der Waals surface area contributed by atoms with Crippen LogP contribution in [0.2, 0.25) is 5.02 Å². The Bertz CT molecular complexity index is 392. The Balaban J connectivity index is 2.57. The van der Waals surface area contributed by atoms with E-state index in [-0.39, 0.29) is 19.1 Å². The van der Waals surface area contributed by atoms with Crippen molar-refractivity contribution in [3.05, 3.63) is 22.7 Å². The standard InChI is InChI=1S/C9H8ClNO3/c10-5-1-2-7-9(14-4-13-7)8(5)6(12)3-11/h1-2H,3-4,11H2. The van der Waals surface area contributed by atoms with Gasteiger partial charge in [0.2, 0.25) is 6.79 Å². The molecular weight excluding hydrogens is 206 g/mol. The molecule has 0 bridgehead atoms. The van der Waals surface area contributed by atoms with Crippen molar-refractivity contribution in [2.75, 3.05) is 13.3 Å². The number of ketones is 1. The molecule has 2 rings (SSSR count). The molecule has 1 heterocycles. The lowest BCUT2D eigenvalue weighted by atomic mass is 10.1. The van der Waals surface area contributed by atoms with Gasteiger partial charge in [0.1, 0.15) is 0 Å². The van der Waals surface area contributed by atoms with E-state index in [1.165, 1.54) is 0 Å². The van der Waals surface area contributed by atoms with Crippen molar-refractivity contribution in [2.45, 2.75) is 0 Å². The fraction of sp³-hybridized carbons (Fsp3) is 0.222. The lowest BCUT2D eigenvalue weighted by molar-refractivity contribution is 0.0997. The van der Waals surface area contributed by atoms with Crippen LogP contribution in [0.25, 0.3) is 0 Å². The second-order valence-electron chi connectivity index (χ2n) is 2.78. The molecule has 0 saturated heterocycles. The number of fused-ring (bicyclic) bond motifs is 1. The van der Waals surface area contributed by atoms with Crippen LogP contribution in [0.3, 0.4) is 0 Å². The van der Waals surface area contributed by atoms with Gasteiger partial charge in [-0.3, -0.25) is 4.79 Å². The topological polar surface area (TPSA) is 61.6 Å². The first-order valence-corrected chi connectivity index (χ1v) is 4.43. The summed E-state index contributed by atoms with van der Waals surface area (Å²) < 4.78 is 10.3. The smallest absolute Gasteiger partial charge is 0.231 e. The SMILES string of the molecule is NCC(=O)c1c(Cl)ccc2c1OCO2. The average molecular weight is 214 g/mol. The number of ether oxygens (including phenoxy) is 2. The molecule has 0 atom stereocenters. The van der Waals surface area contributed by atoms with Crippen molar-refractivity contribution in [1.29, 1.82) is 0 Å². The molecule has 74 valence electrons. The third-order valence-corrected chi connectivity index (χ3v) is 2.27. The van der Waals surface area contributed by atoms with Gasteiger partial charge in [0.05, 0.1) is 17.1 Å². The normalized spacial score (nSPS) is 13.0. The Morgan fingerprint density at radius 1 is 1.50 bits per heavy atom. The summed E-state index contributed by atoms with van der Waals surface area (Å²) in [5.74, 6) is 0.677. The summed E-state index contributed by atoms with van der Waals surface area (Å²) in [7, 11) is 0. The first-order valence-electron chi connectivity index (χ1n) is 4.05. The van der Waals surface area contributed by atoms with E-state index >= 15 is 0 Å². The van der Waals surface area contributed by atoms with Crippen LogP contribution in [0.4, 0.5) is 0 Å². The zero-order chi connectivity index (χ0) is 10.1. The molecule has 2 N–H and O–H groups in total. The second-order valence-corrected chi connectivity index (χ2v) is 3.19. The minimum absolute atomic E-state index is 0.0977. The number of carbonyl (C=O) groups is 1. The maximum atomic E-state index is 11.4. The van der Waals surface area contributed by atoms with Crippen molar-refractivity contribution >= 4 is 17.4 Å². The number of benzene rings is 1. The van der Waals surface area contributed by atoms with E-state index in [1.807, 2.05) is 0 Å². The molecule has 5 heteroatoms. The van der Waals surface area contributed by atoms with E-state index in [4.69, 9.17) is 26.8 Å². The molecule has 1 aliphatic rings. The molecule has 0 unspecified atom stereocenters. The Morgan fingerprint density at radius 2 is 2.29 bits per heavy atom. The van der Waals surface area contributed by atoms with Crippen LogP contribution >= 0.6 is 11.6 Å². The van der Waals surface area contributed by atoms with E-state index in [9.17, 15) is 4.79 Å². The predicted octanol–water partition coefficient (Wildman–Crippen LogP) is 1.21. The van der Waals surface area contributed by atoms with Gasteiger partial charge in [-0.25, -0.2) is 0 Å². The highest BCUT2D eigenvalue weighted by molar-refractivity contribution is 6.34. The van der Waals surface area contributed by atoms with E-state index in [2.05, 4.69) is 0 Å². The molecule has 0 amide bonds. The molecule has 0 fully saturated rings. The third kappa shape index (κ3) is 1.32. The summed E-state index contributed by atoms with van der Waals surface area (Å²) in [6.07, 6.45) is 0. The van der Waals surface area contributed by atoms with Crippen LogP contribution in [-0.4, -0.2) is 19.1 Å². The quantitative estimate of drug-likeness (QED) is 0.751. The fourth-order valence-electron chi connectivity index (χ4n) is 1.31. The Morgan fingerprint density at radius 3 is 3.00 bits per heavy atom. The third-order valence-electron chi connectivity index (χ3n) is 1.95. The molecule has 0 radical (unpaired) electrons. The first-order chi connectivity index (χ1) is 6.74. The molecule has 0 aliphatic carbocycles. The van der Waals surface area contributed by atoms with Gasteiger partial charge >= 0.3 is 0 Å². The van der Waals surface area contributed by atoms with Gasteiger partial charge in [-0.2, -0.15) is 0 Å². The molecule has 1 aromatic carbocycles. The van der Waals surface area contributed by atoms with Crippen LogP contribution in [0.5, 0.6) is 11.5 Å². The second kappa shape index (κ2) is 3.48. The average Bonchev–Trinajstić information content (AvgIpc) is 2.64. The molecular formula is C9H8ClNO3. The van der Waals surface area contributed by atoms with Crippen molar-refractivity contribution < 1.29 is 14.3 Å². The monoisotopic (exact) mass is 213 g/mol. The van der Waals surface area contributed by atoms with Crippen molar-refractivity contribution in [3.8, 4) is 11.5 Å². The van der Waals surface area contributed by atoms with E-state index in [0.717, 1.165) is 0 Å². The van der Waals surface area contributed by atoms with Crippen LogP contribution in [0, 0.1) is 0 Å². The Labute approximate surface area is 85.6 Å². The lowest BCUT2D eigenvalue weighted by Gasteiger charge is -2.05. The largest absolute Gasteiger partial charge is 0.454 e.